The predicted octanol–water partition coefficient (Wildman–Crippen LogP) is 5.06. The zero-order chi connectivity index (χ0) is 24.4. The first kappa shape index (κ1) is 23.0. The van der Waals surface area contributed by atoms with Gasteiger partial charge in [-0.05, 0) is 55.5 Å². The largest absolute Gasteiger partial charge is 0.573 e. The number of oxazole rings is 1. The van der Waals surface area contributed by atoms with Gasteiger partial charge < -0.3 is 18.6 Å². The highest BCUT2D eigenvalue weighted by Gasteiger charge is 2.31. The minimum Gasteiger partial charge on any atom is -0.441 e. The molecule has 1 fully saturated rings. The summed E-state index contributed by atoms with van der Waals surface area (Å²) in [7, 11) is 0. The van der Waals surface area contributed by atoms with Crippen molar-refractivity contribution < 1.29 is 22.3 Å². The molecule has 10 heteroatoms. The van der Waals surface area contributed by atoms with E-state index in [1.807, 2.05) is 42.0 Å². The molecule has 0 bridgehead atoms. The number of piperazine rings is 1. The molecule has 0 atom stereocenters. The van der Waals surface area contributed by atoms with Crippen molar-refractivity contribution in [2.45, 2.75) is 19.8 Å². The van der Waals surface area contributed by atoms with Gasteiger partial charge in [0.1, 0.15) is 11.5 Å². The van der Waals surface area contributed by atoms with Gasteiger partial charge in [0.25, 0.3) is 0 Å². The Kier molecular flexibility index (Phi) is 6.21. The first-order valence-electron chi connectivity index (χ1n) is 11.2. The highest BCUT2D eigenvalue weighted by Crippen LogP contribution is 2.27. The van der Waals surface area contributed by atoms with E-state index in [0.717, 1.165) is 54.6 Å². The van der Waals surface area contributed by atoms with Crippen molar-refractivity contribution in [3.63, 3.8) is 0 Å². The van der Waals surface area contributed by atoms with Gasteiger partial charge in [0.2, 0.25) is 5.89 Å². The fourth-order valence-electron chi connectivity index (χ4n) is 4.12. The molecular formula is C25H24F3N5O2. The Hall–Kier alpha value is -3.79. The number of imidazole rings is 1. The number of halogens is 3. The first-order chi connectivity index (χ1) is 16.8. The molecule has 5 rings (SSSR count). The molecule has 0 unspecified atom stereocenters. The molecule has 3 heterocycles. The zero-order valence-electron chi connectivity index (χ0n) is 19.1. The number of nitrogens with zero attached hydrogens (tertiary/aromatic N) is 5. The van der Waals surface area contributed by atoms with Crippen LogP contribution in [0.25, 0.3) is 17.1 Å². The number of hydrogen-bond acceptors (Lipinski definition) is 6. The average Bonchev–Trinajstić information content (AvgIpc) is 3.50. The van der Waals surface area contributed by atoms with Crippen molar-refractivity contribution in [3.8, 4) is 22.9 Å². The summed E-state index contributed by atoms with van der Waals surface area (Å²) >= 11 is 0. The van der Waals surface area contributed by atoms with E-state index in [-0.39, 0.29) is 5.75 Å². The molecule has 0 radical (unpaired) electrons. The molecule has 0 saturated carbocycles. The lowest BCUT2D eigenvalue weighted by Crippen LogP contribution is -2.46. The summed E-state index contributed by atoms with van der Waals surface area (Å²) < 4.78 is 48.9. The van der Waals surface area contributed by atoms with Crippen molar-refractivity contribution >= 4 is 5.69 Å². The Labute approximate surface area is 200 Å². The molecule has 0 aliphatic carbocycles. The van der Waals surface area contributed by atoms with Gasteiger partial charge in [0, 0.05) is 62.1 Å². The second-order valence-electron chi connectivity index (χ2n) is 8.34. The van der Waals surface area contributed by atoms with Gasteiger partial charge in [-0.2, -0.15) is 0 Å². The highest BCUT2D eigenvalue weighted by molar-refractivity contribution is 5.56. The number of rotatable bonds is 6. The average molecular weight is 483 g/mol. The zero-order valence-corrected chi connectivity index (χ0v) is 19.1. The smallest absolute Gasteiger partial charge is 0.441 e. The number of aromatic nitrogens is 3. The van der Waals surface area contributed by atoms with E-state index in [2.05, 4.69) is 19.5 Å². The lowest BCUT2D eigenvalue weighted by molar-refractivity contribution is -0.274. The molecule has 2 aromatic carbocycles. The van der Waals surface area contributed by atoms with E-state index >= 15 is 0 Å². The molecular weight excluding hydrogens is 459 g/mol. The maximum absolute atomic E-state index is 12.4. The molecule has 0 spiro atoms. The Morgan fingerprint density at radius 3 is 2.26 bits per heavy atom. The third-order valence-corrected chi connectivity index (χ3v) is 5.99. The van der Waals surface area contributed by atoms with Crippen LogP contribution in [0.1, 0.15) is 11.5 Å². The third kappa shape index (κ3) is 5.48. The topological polar surface area (TPSA) is 59.6 Å². The van der Waals surface area contributed by atoms with Crippen LogP contribution in [0.4, 0.5) is 18.9 Å². The lowest BCUT2D eigenvalue weighted by Gasteiger charge is -2.35. The molecule has 2 aromatic heterocycles. The number of benzene rings is 2. The van der Waals surface area contributed by atoms with E-state index in [1.165, 1.54) is 12.1 Å². The molecule has 0 N–H and O–H groups in total. The van der Waals surface area contributed by atoms with Crippen molar-refractivity contribution in [2.24, 2.45) is 0 Å². The number of hydrogen-bond donors (Lipinski definition) is 0. The number of alkyl halides is 3. The van der Waals surface area contributed by atoms with Gasteiger partial charge in [-0.25, -0.2) is 9.97 Å². The normalized spacial score (nSPS) is 14.9. The van der Waals surface area contributed by atoms with E-state index in [9.17, 15) is 13.2 Å². The maximum atomic E-state index is 12.4. The molecule has 7 nitrogen and oxygen atoms in total. The lowest BCUT2D eigenvalue weighted by atomic mass is 10.2. The fraction of sp³-hybridized carbons (Fsp3) is 0.280. The van der Waals surface area contributed by atoms with Crippen molar-refractivity contribution in [1.82, 2.24) is 19.4 Å². The summed E-state index contributed by atoms with van der Waals surface area (Å²) in [5.41, 5.74) is 3.69. The minimum absolute atomic E-state index is 0.214. The van der Waals surface area contributed by atoms with E-state index in [4.69, 9.17) is 9.40 Å². The van der Waals surface area contributed by atoms with E-state index in [1.54, 1.807) is 24.7 Å². The van der Waals surface area contributed by atoms with Crippen molar-refractivity contribution in [3.05, 3.63) is 78.7 Å². The Morgan fingerprint density at radius 2 is 1.63 bits per heavy atom. The maximum Gasteiger partial charge on any atom is 0.573 e. The summed E-state index contributed by atoms with van der Waals surface area (Å²) in [6.45, 7) is 5.74. The molecule has 182 valence electrons. The Balaban J connectivity index is 1.18. The Morgan fingerprint density at radius 1 is 0.943 bits per heavy atom. The van der Waals surface area contributed by atoms with Gasteiger partial charge in [0.05, 0.1) is 12.0 Å². The van der Waals surface area contributed by atoms with Crippen LogP contribution in [0.15, 0.2) is 71.7 Å². The molecule has 1 saturated heterocycles. The highest BCUT2D eigenvalue weighted by atomic mass is 19.4. The van der Waals surface area contributed by atoms with E-state index < -0.39 is 6.36 Å². The summed E-state index contributed by atoms with van der Waals surface area (Å²) in [6, 6.07) is 14.0. The second kappa shape index (κ2) is 9.46. The number of aryl methyl sites for hydroxylation is 1. The van der Waals surface area contributed by atoms with Gasteiger partial charge in [-0.3, -0.25) is 4.90 Å². The summed E-state index contributed by atoms with van der Waals surface area (Å²) in [4.78, 5) is 13.3. The summed E-state index contributed by atoms with van der Waals surface area (Å²) in [5.74, 6) is 1.17. The van der Waals surface area contributed by atoms with Crippen LogP contribution in [-0.2, 0) is 6.54 Å². The predicted molar refractivity (Wildman–Crippen MR) is 124 cm³/mol. The summed E-state index contributed by atoms with van der Waals surface area (Å²) in [6.07, 6.45) is 0.690. The van der Waals surface area contributed by atoms with Gasteiger partial charge in [-0.1, -0.05) is 0 Å². The number of ether oxygens (including phenoxy) is 1. The van der Waals surface area contributed by atoms with Gasteiger partial charge in [0.15, 0.2) is 0 Å². The van der Waals surface area contributed by atoms with Crippen LogP contribution in [0, 0.1) is 6.92 Å². The van der Waals surface area contributed by atoms with Crippen LogP contribution in [-0.4, -0.2) is 52.0 Å². The van der Waals surface area contributed by atoms with Gasteiger partial charge in [-0.15, -0.1) is 13.2 Å². The van der Waals surface area contributed by atoms with Crippen LogP contribution < -0.4 is 9.64 Å². The van der Waals surface area contributed by atoms with Crippen LogP contribution >= 0.6 is 0 Å². The van der Waals surface area contributed by atoms with Crippen LogP contribution in [0.2, 0.25) is 0 Å². The molecule has 1 aliphatic heterocycles. The molecule has 1 aliphatic rings. The van der Waals surface area contributed by atoms with E-state index in [0.29, 0.717) is 12.4 Å². The second-order valence-corrected chi connectivity index (χ2v) is 8.34. The van der Waals surface area contributed by atoms with Crippen molar-refractivity contribution in [2.75, 3.05) is 31.1 Å². The van der Waals surface area contributed by atoms with Crippen LogP contribution in [0.3, 0.4) is 0 Å². The quantitative estimate of drug-likeness (QED) is 0.382. The molecule has 0 amide bonds. The first-order valence-corrected chi connectivity index (χ1v) is 11.2. The standard InChI is InChI=1S/C25H24F3N5O2/c1-18-23(30-24(34-18)19-2-4-21(5-3-19)33-11-10-29-17-33)16-31-12-14-32(15-13-31)20-6-8-22(9-7-20)35-25(26,27)28/h2-11,17H,12-16H2,1H3. The third-order valence-electron chi connectivity index (χ3n) is 5.99. The monoisotopic (exact) mass is 483 g/mol. The minimum atomic E-state index is -4.68. The Bertz CT molecular complexity index is 1240. The number of anilines is 1. The van der Waals surface area contributed by atoms with Gasteiger partial charge >= 0.3 is 6.36 Å². The van der Waals surface area contributed by atoms with Crippen molar-refractivity contribution in [1.29, 1.82) is 0 Å². The molecule has 4 aromatic rings. The van der Waals surface area contributed by atoms with Crippen LogP contribution in [0.5, 0.6) is 5.75 Å². The SMILES string of the molecule is Cc1oc(-c2ccc(-n3ccnc3)cc2)nc1CN1CCN(c2ccc(OC(F)(F)F)cc2)CC1. The fourth-order valence-corrected chi connectivity index (χ4v) is 4.12. The summed E-state index contributed by atoms with van der Waals surface area (Å²) in [5, 5.41) is 0. The molecule has 35 heavy (non-hydrogen) atoms.